The van der Waals surface area contributed by atoms with Gasteiger partial charge in [0.05, 0.1) is 6.61 Å². The van der Waals surface area contributed by atoms with Gasteiger partial charge in [-0.3, -0.25) is 4.79 Å². The minimum atomic E-state index is -0.0372. The maximum atomic E-state index is 11.9. The number of likely N-dealkylation sites (N-methyl/N-ethyl adjacent to an activating group) is 1. The second-order valence-electron chi connectivity index (χ2n) is 3.81. The first-order chi connectivity index (χ1) is 8.19. The molecule has 17 heavy (non-hydrogen) atoms. The van der Waals surface area contributed by atoms with E-state index in [0.29, 0.717) is 19.7 Å². The van der Waals surface area contributed by atoms with Crippen LogP contribution in [0.15, 0.2) is 24.3 Å². The van der Waals surface area contributed by atoms with Crippen molar-refractivity contribution in [2.24, 2.45) is 5.73 Å². The van der Waals surface area contributed by atoms with Gasteiger partial charge in [0.2, 0.25) is 0 Å². The summed E-state index contributed by atoms with van der Waals surface area (Å²) in [5, 5.41) is 0. The number of amides is 1. The van der Waals surface area contributed by atoms with Crippen LogP contribution in [-0.4, -0.2) is 32.2 Å². The molecule has 94 valence electrons. The number of hydrogen-bond acceptors (Lipinski definition) is 3. The Labute approximate surface area is 102 Å². The molecule has 2 N–H and O–H groups in total. The van der Waals surface area contributed by atoms with Crippen LogP contribution in [0.5, 0.6) is 0 Å². The van der Waals surface area contributed by atoms with Crippen LogP contribution in [0.1, 0.15) is 12.5 Å². The Hall–Kier alpha value is -1.39. The molecule has 0 saturated heterocycles. The second kappa shape index (κ2) is 7.04. The Balaban J connectivity index is 2.64. The van der Waals surface area contributed by atoms with Gasteiger partial charge in [-0.2, -0.15) is 0 Å². The predicted molar refractivity (Wildman–Crippen MR) is 69.1 cm³/mol. The van der Waals surface area contributed by atoms with E-state index in [1.54, 1.807) is 4.90 Å². The lowest BCUT2D eigenvalue weighted by molar-refractivity contribution is -0.122. The first-order valence-corrected chi connectivity index (χ1v) is 5.84. The van der Waals surface area contributed by atoms with Crippen LogP contribution < -0.4 is 10.6 Å². The van der Waals surface area contributed by atoms with Crippen molar-refractivity contribution in [3.8, 4) is 0 Å². The fourth-order valence-electron chi connectivity index (χ4n) is 1.55. The largest absolute Gasteiger partial charge is 0.370 e. The number of carbonyl (C=O) groups excluding carboxylic acids is 1. The van der Waals surface area contributed by atoms with Crippen molar-refractivity contribution in [1.82, 2.24) is 0 Å². The summed E-state index contributed by atoms with van der Waals surface area (Å²) in [6, 6.07) is 7.87. The number of anilines is 1. The average Bonchev–Trinajstić information content (AvgIpc) is 2.33. The minimum Gasteiger partial charge on any atom is -0.370 e. The van der Waals surface area contributed by atoms with E-state index in [1.807, 2.05) is 38.1 Å². The van der Waals surface area contributed by atoms with Gasteiger partial charge >= 0.3 is 0 Å². The fraction of sp³-hybridized carbons (Fsp3) is 0.462. The Bertz CT molecular complexity index is 349. The van der Waals surface area contributed by atoms with Crippen LogP contribution in [0.25, 0.3) is 0 Å². The number of nitrogens with two attached hydrogens (primary N) is 1. The second-order valence-corrected chi connectivity index (χ2v) is 3.81. The van der Waals surface area contributed by atoms with Crippen molar-refractivity contribution in [3.05, 3.63) is 29.8 Å². The highest BCUT2D eigenvalue weighted by Gasteiger charge is 2.13. The van der Waals surface area contributed by atoms with Crippen LogP contribution >= 0.6 is 0 Å². The SMILES string of the molecule is CCN(C(=O)COCCN)c1ccc(C)cc1. The first-order valence-electron chi connectivity index (χ1n) is 5.84. The number of nitrogens with zero attached hydrogens (tertiary/aromatic N) is 1. The average molecular weight is 236 g/mol. The zero-order valence-electron chi connectivity index (χ0n) is 10.5. The highest BCUT2D eigenvalue weighted by molar-refractivity contribution is 5.94. The maximum Gasteiger partial charge on any atom is 0.252 e. The van der Waals surface area contributed by atoms with E-state index in [0.717, 1.165) is 5.69 Å². The van der Waals surface area contributed by atoms with Gasteiger partial charge in [0.15, 0.2) is 0 Å². The molecule has 1 rings (SSSR count). The quantitative estimate of drug-likeness (QED) is 0.758. The molecule has 1 aromatic carbocycles. The van der Waals surface area contributed by atoms with Gasteiger partial charge in [0, 0.05) is 18.8 Å². The van der Waals surface area contributed by atoms with E-state index in [2.05, 4.69) is 0 Å². The summed E-state index contributed by atoms with van der Waals surface area (Å²) in [6.07, 6.45) is 0. The summed E-state index contributed by atoms with van der Waals surface area (Å²) in [5.41, 5.74) is 7.38. The molecule has 4 nitrogen and oxygen atoms in total. The van der Waals surface area contributed by atoms with Crippen LogP contribution in [-0.2, 0) is 9.53 Å². The molecule has 1 aromatic rings. The molecule has 1 amide bonds. The van der Waals surface area contributed by atoms with E-state index in [1.165, 1.54) is 5.56 Å². The zero-order valence-corrected chi connectivity index (χ0v) is 10.5. The van der Waals surface area contributed by atoms with Gasteiger partial charge in [-0.25, -0.2) is 0 Å². The van der Waals surface area contributed by atoms with Crippen molar-refractivity contribution in [3.63, 3.8) is 0 Å². The van der Waals surface area contributed by atoms with E-state index in [9.17, 15) is 4.79 Å². The summed E-state index contributed by atoms with van der Waals surface area (Å²) < 4.78 is 5.16. The molecule has 0 spiro atoms. The van der Waals surface area contributed by atoms with Gasteiger partial charge < -0.3 is 15.4 Å². The van der Waals surface area contributed by atoms with Gasteiger partial charge in [-0.1, -0.05) is 17.7 Å². The molecule has 0 aliphatic carbocycles. The molecule has 0 unspecified atom stereocenters. The molecule has 0 fully saturated rings. The van der Waals surface area contributed by atoms with Gasteiger partial charge in [0.25, 0.3) is 5.91 Å². The number of hydrogen-bond donors (Lipinski definition) is 1. The molecule has 0 saturated carbocycles. The maximum absolute atomic E-state index is 11.9. The van der Waals surface area contributed by atoms with Crippen LogP contribution in [0.2, 0.25) is 0 Å². The summed E-state index contributed by atoms with van der Waals surface area (Å²) in [6.45, 7) is 5.53. The fourth-order valence-corrected chi connectivity index (χ4v) is 1.55. The lowest BCUT2D eigenvalue weighted by atomic mass is 10.2. The molecule has 0 atom stereocenters. The first kappa shape index (κ1) is 13.7. The normalized spacial score (nSPS) is 10.3. The number of ether oxygens (including phenoxy) is 1. The lowest BCUT2D eigenvalue weighted by Gasteiger charge is -2.21. The molecular formula is C13H20N2O2. The standard InChI is InChI=1S/C13H20N2O2/c1-3-15(13(16)10-17-9-8-14)12-6-4-11(2)5-7-12/h4-7H,3,8-10,14H2,1-2H3. The number of benzene rings is 1. The predicted octanol–water partition coefficient (Wildman–Crippen LogP) is 1.32. The third-order valence-corrected chi connectivity index (χ3v) is 2.45. The molecular weight excluding hydrogens is 216 g/mol. The van der Waals surface area contributed by atoms with Crippen molar-refractivity contribution in [2.45, 2.75) is 13.8 Å². The summed E-state index contributed by atoms with van der Waals surface area (Å²) >= 11 is 0. The molecule has 0 heterocycles. The molecule has 0 bridgehead atoms. The lowest BCUT2D eigenvalue weighted by Crippen LogP contribution is -2.34. The molecule has 4 heteroatoms. The van der Waals surface area contributed by atoms with Gasteiger partial charge in [0.1, 0.15) is 6.61 Å². The van der Waals surface area contributed by atoms with Crippen LogP contribution in [0.3, 0.4) is 0 Å². The summed E-state index contributed by atoms with van der Waals surface area (Å²) in [7, 11) is 0. The third-order valence-electron chi connectivity index (χ3n) is 2.45. The van der Waals surface area contributed by atoms with Gasteiger partial charge in [-0.15, -0.1) is 0 Å². The number of carbonyl (C=O) groups is 1. The highest BCUT2D eigenvalue weighted by atomic mass is 16.5. The Morgan fingerprint density at radius 1 is 1.35 bits per heavy atom. The van der Waals surface area contributed by atoms with E-state index >= 15 is 0 Å². The molecule has 0 aromatic heterocycles. The van der Waals surface area contributed by atoms with Crippen molar-refractivity contribution >= 4 is 11.6 Å². The minimum absolute atomic E-state index is 0.0372. The summed E-state index contributed by atoms with van der Waals surface area (Å²) in [5.74, 6) is -0.0372. The van der Waals surface area contributed by atoms with Crippen molar-refractivity contribution < 1.29 is 9.53 Å². The third kappa shape index (κ3) is 4.17. The molecule has 0 radical (unpaired) electrons. The van der Waals surface area contributed by atoms with E-state index in [-0.39, 0.29) is 12.5 Å². The van der Waals surface area contributed by atoms with Crippen molar-refractivity contribution in [1.29, 1.82) is 0 Å². The topological polar surface area (TPSA) is 55.6 Å². The van der Waals surface area contributed by atoms with Gasteiger partial charge in [-0.05, 0) is 26.0 Å². The monoisotopic (exact) mass is 236 g/mol. The number of rotatable bonds is 6. The smallest absolute Gasteiger partial charge is 0.252 e. The zero-order chi connectivity index (χ0) is 12.7. The van der Waals surface area contributed by atoms with Crippen LogP contribution in [0.4, 0.5) is 5.69 Å². The highest BCUT2D eigenvalue weighted by Crippen LogP contribution is 2.15. The molecule has 0 aliphatic heterocycles. The van der Waals surface area contributed by atoms with Crippen molar-refractivity contribution in [2.75, 3.05) is 31.2 Å². The summed E-state index contributed by atoms with van der Waals surface area (Å²) in [4.78, 5) is 13.6. The van der Waals surface area contributed by atoms with E-state index < -0.39 is 0 Å². The van der Waals surface area contributed by atoms with E-state index in [4.69, 9.17) is 10.5 Å². The number of aryl methyl sites for hydroxylation is 1. The van der Waals surface area contributed by atoms with Crippen LogP contribution in [0, 0.1) is 6.92 Å². The Morgan fingerprint density at radius 2 is 2.00 bits per heavy atom. The Morgan fingerprint density at radius 3 is 2.53 bits per heavy atom. The molecule has 0 aliphatic rings. The Kier molecular flexibility index (Phi) is 5.66.